The van der Waals surface area contributed by atoms with Gasteiger partial charge in [-0.3, -0.25) is 25.2 Å². The summed E-state index contributed by atoms with van der Waals surface area (Å²) in [5.41, 5.74) is 8.56. The van der Waals surface area contributed by atoms with Crippen molar-refractivity contribution in [2.45, 2.75) is 24.8 Å². The zero-order valence-electron chi connectivity index (χ0n) is 21.6. The molecule has 212 valence electrons. The zero-order chi connectivity index (χ0) is 29.4. The summed E-state index contributed by atoms with van der Waals surface area (Å²) in [4.78, 5) is 18.7. The number of nitrogens with one attached hydrogen (secondary N) is 3. The Bertz CT molecular complexity index is 1380. The Morgan fingerprint density at radius 2 is 1.90 bits per heavy atom. The molecule has 0 bridgehead atoms. The Hall–Kier alpha value is -4.07. The van der Waals surface area contributed by atoms with E-state index in [2.05, 4.69) is 15.4 Å². The molecule has 0 aliphatic rings. The molecular formula is C26H28ClF3N8O2. The molecule has 1 aromatic heterocycles. The van der Waals surface area contributed by atoms with Crippen molar-refractivity contribution in [3.05, 3.63) is 76.6 Å². The first-order valence-electron chi connectivity index (χ1n) is 11.8. The Kier molecular flexibility index (Phi) is 10.2. The van der Waals surface area contributed by atoms with Crippen molar-refractivity contribution in [1.29, 1.82) is 10.8 Å². The molecule has 2 unspecified atom stereocenters. The fraction of sp³-hybridized carbons (Fsp3) is 0.269. The minimum atomic E-state index is -4.39. The number of likely N-dealkylation sites (N-methyl/N-ethyl adjacent to an activating group) is 1. The minimum absolute atomic E-state index is 0.0166. The lowest BCUT2D eigenvalue weighted by molar-refractivity contribution is -0.142. The number of rotatable bonds is 12. The van der Waals surface area contributed by atoms with Crippen LogP contribution in [0, 0.1) is 10.8 Å². The number of halogens is 4. The van der Waals surface area contributed by atoms with E-state index in [9.17, 15) is 18.0 Å². The van der Waals surface area contributed by atoms with Gasteiger partial charge in [-0.2, -0.15) is 18.3 Å². The highest BCUT2D eigenvalue weighted by Crippen LogP contribution is 2.29. The van der Waals surface area contributed by atoms with Crippen molar-refractivity contribution in [3.8, 4) is 11.1 Å². The van der Waals surface area contributed by atoms with Crippen LogP contribution >= 0.6 is 11.6 Å². The number of hydrogen-bond donors (Lipinski definition) is 4. The third-order valence-electron chi connectivity index (χ3n) is 6.00. The minimum Gasteiger partial charge on any atom is -0.383 e. The molecule has 0 spiro atoms. The van der Waals surface area contributed by atoms with E-state index in [1.807, 2.05) is 0 Å². The second-order valence-electron chi connectivity index (χ2n) is 8.61. The normalized spacial score (nSPS) is 13.5. The van der Waals surface area contributed by atoms with Crippen LogP contribution < -0.4 is 11.1 Å². The van der Waals surface area contributed by atoms with Gasteiger partial charge in [0.1, 0.15) is 24.8 Å². The second-order valence-corrected chi connectivity index (χ2v) is 9.02. The van der Waals surface area contributed by atoms with Crippen molar-refractivity contribution in [1.82, 2.24) is 20.0 Å². The molecule has 0 saturated carbocycles. The van der Waals surface area contributed by atoms with Gasteiger partial charge < -0.3 is 15.8 Å². The van der Waals surface area contributed by atoms with Crippen molar-refractivity contribution >= 4 is 36.0 Å². The molecule has 2 atom stereocenters. The number of amidine groups is 1. The fourth-order valence-corrected chi connectivity index (χ4v) is 4.33. The summed E-state index contributed by atoms with van der Waals surface area (Å²) >= 11 is 6.27. The number of ether oxygens (including phenoxy) is 1. The molecule has 40 heavy (non-hydrogen) atoms. The number of aliphatic imine (C=N–C) groups is 1. The monoisotopic (exact) mass is 576 g/mol. The average molecular weight is 577 g/mol. The molecule has 14 heteroatoms. The number of nitrogens with two attached hydrogens (primary N) is 1. The van der Waals surface area contributed by atoms with E-state index in [-0.39, 0.29) is 12.4 Å². The van der Waals surface area contributed by atoms with Gasteiger partial charge in [-0.1, -0.05) is 41.9 Å². The Balaban J connectivity index is 1.89. The van der Waals surface area contributed by atoms with E-state index >= 15 is 0 Å². The summed E-state index contributed by atoms with van der Waals surface area (Å²) < 4.78 is 44.2. The molecular weight excluding hydrogens is 549 g/mol. The van der Waals surface area contributed by atoms with E-state index in [0.717, 1.165) is 17.4 Å². The largest absolute Gasteiger partial charge is 0.408 e. The molecule has 3 aromatic rings. The number of hydrogen-bond acceptors (Lipinski definition) is 6. The molecule has 10 nitrogen and oxygen atoms in total. The van der Waals surface area contributed by atoms with Crippen LogP contribution in [0.1, 0.15) is 28.8 Å². The smallest absolute Gasteiger partial charge is 0.383 e. The Morgan fingerprint density at radius 3 is 2.48 bits per heavy atom. The molecule has 2 aromatic carbocycles. The number of carbonyl (C=O) groups is 1. The van der Waals surface area contributed by atoms with Crippen molar-refractivity contribution in [3.63, 3.8) is 0 Å². The van der Waals surface area contributed by atoms with E-state index in [4.69, 9.17) is 32.9 Å². The van der Waals surface area contributed by atoms with Crippen LogP contribution in [0.25, 0.3) is 11.1 Å². The van der Waals surface area contributed by atoms with Gasteiger partial charge in [-0.25, -0.2) is 4.99 Å². The highest BCUT2D eigenvalue weighted by molar-refractivity contribution is 6.34. The number of carbonyl (C=O) groups excluding carboxylic acids is 1. The van der Waals surface area contributed by atoms with Crippen LogP contribution in [0.3, 0.4) is 0 Å². The first-order chi connectivity index (χ1) is 19.0. The number of nitrogens with zero attached hydrogens (tertiary/aromatic N) is 4. The highest BCUT2D eigenvalue weighted by atomic mass is 35.5. The Morgan fingerprint density at radius 1 is 1.23 bits per heavy atom. The molecule has 3 rings (SSSR count). The van der Waals surface area contributed by atoms with Crippen LogP contribution in [-0.4, -0.2) is 66.0 Å². The third-order valence-corrected chi connectivity index (χ3v) is 6.33. The van der Waals surface area contributed by atoms with Gasteiger partial charge in [0.05, 0.1) is 30.2 Å². The summed E-state index contributed by atoms with van der Waals surface area (Å²) in [6.07, 6.45) is -0.0507. The van der Waals surface area contributed by atoms with Crippen LogP contribution in [0.4, 0.5) is 13.2 Å². The SMILES string of the molecule is CNC(C(=O)N(C=N)C(COC)c1ccc(Cl)c(C(N)=NC=N)c1)c1ccc(-c2cnn(CC(F)(F)F)c2)cc1. The first kappa shape index (κ1) is 30.5. The predicted octanol–water partition coefficient (Wildman–Crippen LogP) is 4.16. The zero-order valence-corrected chi connectivity index (χ0v) is 22.4. The lowest BCUT2D eigenvalue weighted by Gasteiger charge is -2.31. The van der Waals surface area contributed by atoms with Gasteiger partial charge in [0, 0.05) is 24.4 Å². The molecule has 0 fully saturated rings. The van der Waals surface area contributed by atoms with E-state index < -0.39 is 30.7 Å². The van der Waals surface area contributed by atoms with Crippen LogP contribution in [-0.2, 0) is 16.1 Å². The third kappa shape index (κ3) is 7.31. The molecule has 0 aliphatic heterocycles. The van der Waals surface area contributed by atoms with Gasteiger partial charge in [0.2, 0.25) is 5.91 Å². The topological polar surface area (TPSA) is 145 Å². The van der Waals surface area contributed by atoms with Crippen LogP contribution in [0.15, 0.2) is 59.9 Å². The van der Waals surface area contributed by atoms with Crippen molar-refractivity contribution in [2.75, 3.05) is 20.8 Å². The Labute approximate surface area is 233 Å². The quantitative estimate of drug-likeness (QED) is 0.189. The van der Waals surface area contributed by atoms with Gasteiger partial charge in [-0.15, -0.1) is 0 Å². The lowest BCUT2D eigenvalue weighted by atomic mass is 9.99. The fourth-order valence-electron chi connectivity index (χ4n) is 4.12. The van der Waals surface area contributed by atoms with Gasteiger partial charge in [0.15, 0.2) is 0 Å². The summed E-state index contributed by atoms with van der Waals surface area (Å²) in [6, 6.07) is 10.0. The average Bonchev–Trinajstić information content (AvgIpc) is 3.36. The summed E-state index contributed by atoms with van der Waals surface area (Å²) in [5.74, 6) is -0.439. The summed E-state index contributed by atoms with van der Waals surface area (Å²) in [5, 5.41) is 22.2. The molecule has 5 N–H and O–H groups in total. The van der Waals surface area contributed by atoms with Crippen molar-refractivity contribution < 1.29 is 22.7 Å². The molecule has 0 saturated heterocycles. The number of benzene rings is 2. The first-order valence-corrected chi connectivity index (χ1v) is 12.2. The standard InChI is InChI=1S/C26H28ClF3N8O2/c1-34-23(17-5-3-16(4-6-17)19-10-36-37(11-19)13-26(28,29)30)25(39)38(15-32)22(12-40-2)18-7-8-21(27)20(9-18)24(33)35-14-31/h3-11,14-15,22-23,32,34H,12-13H2,1-2H3,(H3,31,33,35). The molecule has 1 heterocycles. The number of amides is 1. The maximum Gasteiger partial charge on any atom is 0.408 e. The maximum absolute atomic E-state index is 13.7. The molecule has 0 aliphatic carbocycles. The lowest BCUT2D eigenvalue weighted by Crippen LogP contribution is -2.42. The second kappa shape index (κ2) is 13.3. The van der Waals surface area contributed by atoms with Gasteiger partial charge >= 0.3 is 6.18 Å². The van der Waals surface area contributed by atoms with E-state index in [1.54, 1.807) is 49.5 Å². The van der Waals surface area contributed by atoms with Crippen LogP contribution in [0.2, 0.25) is 5.02 Å². The molecule has 0 radical (unpaired) electrons. The number of aromatic nitrogens is 2. The van der Waals surface area contributed by atoms with E-state index in [1.165, 1.54) is 24.4 Å². The highest BCUT2D eigenvalue weighted by Gasteiger charge is 2.31. The van der Waals surface area contributed by atoms with Crippen molar-refractivity contribution in [2.24, 2.45) is 10.7 Å². The van der Waals surface area contributed by atoms with Gasteiger partial charge in [0.25, 0.3) is 0 Å². The maximum atomic E-state index is 13.7. The van der Waals surface area contributed by atoms with Crippen LogP contribution in [0.5, 0.6) is 0 Å². The van der Waals surface area contributed by atoms with E-state index in [0.29, 0.717) is 32.8 Å². The predicted molar refractivity (Wildman–Crippen MR) is 147 cm³/mol. The summed E-state index contributed by atoms with van der Waals surface area (Å²) in [6.45, 7) is -1.15. The number of methoxy groups -OCH3 is 1. The molecule has 1 amide bonds. The summed E-state index contributed by atoms with van der Waals surface area (Å²) in [7, 11) is 3.06. The van der Waals surface area contributed by atoms with Gasteiger partial charge in [-0.05, 0) is 35.9 Å². The number of alkyl halides is 3.